The van der Waals surface area contributed by atoms with E-state index < -0.39 is 14.3 Å². The Morgan fingerprint density at radius 1 is 1.21 bits per heavy atom. The van der Waals surface area contributed by atoms with Crippen LogP contribution in [-0.4, -0.2) is 19.4 Å². The van der Waals surface area contributed by atoms with Gasteiger partial charge in [-0.3, -0.25) is 0 Å². The molecule has 0 radical (unpaired) electrons. The van der Waals surface area contributed by atoms with Crippen molar-refractivity contribution in [3.05, 3.63) is 29.8 Å². The summed E-state index contributed by atoms with van der Waals surface area (Å²) < 4.78 is 6.12. The molecule has 0 atom stereocenters. The third-order valence-corrected chi connectivity index (χ3v) is 7.71. The van der Waals surface area contributed by atoms with Gasteiger partial charge in [0.2, 0.25) is 8.32 Å². The maximum absolute atomic E-state index is 10.3. The number of carboxylic acids is 1. The normalized spacial score (nSPS) is 11.4. The lowest BCUT2D eigenvalue weighted by Gasteiger charge is -2.36. The molecule has 1 N–H and O–H groups in total. The zero-order chi connectivity index (χ0) is 14.7. The van der Waals surface area contributed by atoms with E-state index in [1.165, 1.54) is 0 Å². The highest BCUT2D eigenvalue weighted by molar-refractivity contribution is 6.74. The molecule has 1 aromatic carbocycles. The number of carbonyl (C=O) groups is 1. The number of rotatable bonds is 2. The summed E-state index contributed by atoms with van der Waals surface area (Å²) in [6, 6.07) is 7.23. The quantitative estimate of drug-likeness (QED) is 0.664. The van der Waals surface area contributed by atoms with Crippen LogP contribution in [-0.2, 0) is 4.79 Å². The van der Waals surface area contributed by atoms with Gasteiger partial charge in [0.25, 0.3) is 0 Å². The van der Waals surface area contributed by atoms with E-state index in [9.17, 15) is 4.79 Å². The van der Waals surface area contributed by atoms with Crippen molar-refractivity contribution in [2.24, 2.45) is 0 Å². The second kappa shape index (κ2) is 5.50. The lowest BCUT2D eigenvalue weighted by molar-refractivity contribution is -0.130. The van der Waals surface area contributed by atoms with Gasteiger partial charge in [-0.1, -0.05) is 26.7 Å². The summed E-state index contributed by atoms with van der Waals surface area (Å²) in [5.74, 6) is 4.35. The fourth-order valence-corrected chi connectivity index (χ4v) is 2.21. The minimum Gasteiger partial charge on any atom is -0.544 e. The molecule has 3 nitrogen and oxygen atoms in total. The second-order valence-electron chi connectivity index (χ2n) is 5.94. The molecule has 0 heterocycles. The number of benzene rings is 1. The summed E-state index contributed by atoms with van der Waals surface area (Å²) in [4.78, 5) is 10.3. The van der Waals surface area contributed by atoms with E-state index in [2.05, 4.69) is 45.7 Å². The predicted octanol–water partition coefficient (Wildman–Crippen LogP) is 3.51. The maximum atomic E-state index is 10.3. The topological polar surface area (TPSA) is 46.5 Å². The lowest BCUT2D eigenvalue weighted by atomic mass is 10.2. The highest BCUT2D eigenvalue weighted by Gasteiger charge is 2.38. The number of hydrogen-bond donors (Lipinski definition) is 1. The van der Waals surface area contributed by atoms with Crippen LogP contribution in [0.3, 0.4) is 0 Å². The van der Waals surface area contributed by atoms with Crippen LogP contribution in [0, 0.1) is 11.8 Å². The van der Waals surface area contributed by atoms with Crippen molar-refractivity contribution in [1.29, 1.82) is 0 Å². The Kier molecular flexibility index (Phi) is 4.43. The first-order valence-corrected chi connectivity index (χ1v) is 9.07. The molecule has 0 spiro atoms. The minimum absolute atomic E-state index is 0.148. The number of aliphatic carboxylic acids is 1. The Morgan fingerprint density at radius 3 is 2.16 bits per heavy atom. The Balaban J connectivity index is 2.84. The van der Waals surface area contributed by atoms with Crippen molar-refractivity contribution >= 4 is 14.3 Å². The van der Waals surface area contributed by atoms with Crippen LogP contribution in [0.25, 0.3) is 0 Å². The van der Waals surface area contributed by atoms with Gasteiger partial charge in [0.05, 0.1) is 0 Å². The molecular formula is C15H20O3Si. The van der Waals surface area contributed by atoms with Crippen LogP contribution < -0.4 is 4.43 Å². The summed E-state index contributed by atoms with van der Waals surface area (Å²) in [5.41, 5.74) is 0.671. The predicted molar refractivity (Wildman–Crippen MR) is 78.8 cm³/mol. The Labute approximate surface area is 115 Å². The van der Waals surface area contributed by atoms with Gasteiger partial charge < -0.3 is 9.53 Å². The molecule has 0 unspecified atom stereocenters. The second-order valence-corrected chi connectivity index (χ2v) is 10.7. The van der Waals surface area contributed by atoms with E-state index in [0.717, 1.165) is 5.75 Å². The monoisotopic (exact) mass is 276 g/mol. The molecular weight excluding hydrogens is 256 g/mol. The molecule has 4 heteroatoms. The zero-order valence-electron chi connectivity index (χ0n) is 12.1. The van der Waals surface area contributed by atoms with Crippen molar-refractivity contribution in [1.82, 2.24) is 0 Å². The van der Waals surface area contributed by atoms with E-state index in [1.54, 1.807) is 12.1 Å². The van der Waals surface area contributed by atoms with Crippen molar-refractivity contribution in [2.75, 3.05) is 0 Å². The van der Waals surface area contributed by atoms with E-state index in [1.807, 2.05) is 12.1 Å². The molecule has 0 saturated carbocycles. The molecule has 0 aliphatic rings. The van der Waals surface area contributed by atoms with Gasteiger partial charge in [-0.05, 0) is 42.4 Å². The van der Waals surface area contributed by atoms with E-state index in [-0.39, 0.29) is 5.04 Å². The lowest BCUT2D eigenvalue weighted by Crippen LogP contribution is -2.43. The number of carboxylic acid groups (broad SMARTS) is 1. The van der Waals surface area contributed by atoms with Crippen molar-refractivity contribution in [3.8, 4) is 17.6 Å². The van der Waals surface area contributed by atoms with Gasteiger partial charge in [-0.2, -0.15) is 0 Å². The molecule has 19 heavy (non-hydrogen) atoms. The van der Waals surface area contributed by atoms with Crippen LogP contribution >= 0.6 is 0 Å². The third-order valence-electron chi connectivity index (χ3n) is 3.35. The summed E-state index contributed by atoms with van der Waals surface area (Å²) >= 11 is 0. The SMILES string of the molecule is CC(C)(C)[Si](C)(C)Oc1ccc(C#CC(=O)O)cc1. The molecule has 1 rings (SSSR count). The van der Waals surface area contributed by atoms with Crippen molar-refractivity contribution in [3.63, 3.8) is 0 Å². The fourth-order valence-electron chi connectivity index (χ4n) is 1.18. The van der Waals surface area contributed by atoms with E-state index >= 15 is 0 Å². The van der Waals surface area contributed by atoms with Crippen LogP contribution in [0.5, 0.6) is 5.75 Å². The summed E-state index contributed by atoms with van der Waals surface area (Å²) in [5, 5.41) is 8.63. The largest absolute Gasteiger partial charge is 0.544 e. The standard InChI is InChI=1S/C15H20O3Si/c1-15(2,3)19(4,5)18-13-9-6-12(7-10-13)8-11-14(16)17/h6-7,9-10H,1-5H3,(H,16,17). The Hall–Kier alpha value is -1.73. The first kappa shape index (κ1) is 15.3. The van der Waals surface area contributed by atoms with Gasteiger partial charge in [0.1, 0.15) is 5.75 Å². The Morgan fingerprint density at radius 2 is 1.74 bits per heavy atom. The van der Waals surface area contributed by atoms with Gasteiger partial charge in [-0.15, -0.1) is 0 Å². The van der Waals surface area contributed by atoms with Crippen LogP contribution in [0.4, 0.5) is 0 Å². The van der Waals surface area contributed by atoms with E-state index in [4.69, 9.17) is 9.53 Å². The van der Waals surface area contributed by atoms with Gasteiger partial charge in [0.15, 0.2) is 0 Å². The molecule has 102 valence electrons. The van der Waals surface area contributed by atoms with Gasteiger partial charge in [0, 0.05) is 11.5 Å². The molecule has 0 fully saturated rings. The summed E-state index contributed by atoms with van der Waals surface area (Å²) in [6.45, 7) is 10.9. The van der Waals surface area contributed by atoms with Gasteiger partial charge in [-0.25, -0.2) is 4.79 Å². The average Bonchev–Trinajstić information content (AvgIpc) is 2.26. The molecule has 0 aliphatic carbocycles. The molecule has 0 aromatic heterocycles. The first-order chi connectivity index (χ1) is 8.62. The molecule has 0 aliphatic heterocycles. The maximum Gasteiger partial charge on any atom is 0.382 e. The van der Waals surface area contributed by atoms with Gasteiger partial charge >= 0.3 is 5.97 Å². The van der Waals surface area contributed by atoms with Crippen molar-refractivity contribution in [2.45, 2.75) is 38.9 Å². The first-order valence-electron chi connectivity index (χ1n) is 6.16. The summed E-state index contributed by atoms with van der Waals surface area (Å²) in [7, 11) is -1.83. The average molecular weight is 276 g/mol. The molecule has 1 aromatic rings. The smallest absolute Gasteiger partial charge is 0.382 e. The Bertz CT molecular complexity index is 513. The molecule has 0 amide bonds. The number of hydrogen-bond acceptors (Lipinski definition) is 2. The van der Waals surface area contributed by atoms with E-state index in [0.29, 0.717) is 5.56 Å². The highest BCUT2D eigenvalue weighted by Crippen LogP contribution is 2.37. The fraction of sp³-hybridized carbons (Fsp3) is 0.400. The zero-order valence-corrected chi connectivity index (χ0v) is 13.1. The van der Waals surface area contributed by atoms with Crippen LogP contribution in [0.2, 0.25) is 18.1 Å². The minimum atomic E-state index is -1.83. The van der Waals surface area contributed by atoms with Crippen molar-refractivity contribution < 1.29 is 14.3 Å². The van der Waals surface area contributed by atoms with Crippen LogP contribution in [0.15, 0.2) is 24.3 Å². The molecule has 0 bridgehead atoms. The highest BCUT2D eigenvalue weighted by atomic mass is 28.4. The van der Waals surface area contributed by atoms with Crippen LogP contribution in [0.1, 0.15) is 26.3 Å². The third kappa shape index (κ3) is 4.45. The molecule has 0 saturated heterocycles. The summed E-state index contributed by atoms with van der Waals surface area (Å²) in [6.07, 6.45) is 0.